The van der Waals surface area contributed by atoms with Gasteiger partial charge in [0.15, 0.2) is 0 Å². The summed E-state index contributed by atoms with van der Waals surface area (Å²) >= 11 is 6.50. The van der Waals surface area contributed by atoms with Crippen molar-refractivity contribution in [2.75, 3.05) is 42.5 Å². The van der Waals surface area contributed by atoms with Gasteiger partial charge in [0, 0.05) is 63.0 Å². The van der Waals surface area contributed by atoms with E-state index < -0.39 is 34.8 Å². The first-order valence-electron chi connectivity index (χ1n) is 19.6. The van der Waals surface area contributed by atoms with Crippen LogP contribution < -0.4 is 20.7 Å². The number of hydrogen-bond acceptors (Lipinski definition) is 9. The molecule has 1 N–H and O–H groups in total. The van der Waals surface area contributed by atoms with E-state index in [1.165, 1.54) is 12.1 Å². The molecule has 2 aromatic heterocycles. The summed E-state index contributed by atoms with van der Waals surface area (Å²) in [4.78, 5) is 57.9. The van der Waals surface area contributed by atoms with E-state index in [0.717, 1.165) is 53.6 Å². The maximum absolute atomic E-state index is 15.2. The fraction of sp³-hybridized carbons (Fsp3) is 0.395. The molecule has 3 aromatic carbocycles. The molecule has 11 nitrogen and oxygen atoms in total. The van der Waals surface area contributed by atoms with Crippen LogP contribution in [0.15, 0.2) is 65.7 Å². The highest BCUT2D eigenvalue weighted by Crippen LogP contribution is 2.45. The summed E-state index contributed by atoms with van der Waals surface area (Å²) in [6.07, 6.45) is 5.19. The van der Waals surface area contributed by atoms with Crippen LogP contribution in [0.5, 0.6) is 0 Å². The zero-order valence-corrected chi connectivity index (χ0v) is 32.8. The van der Waals surface area contributed by atoms with Gasteiger partial charge in [-0.3, -0.25) is 34.2 Å². The third-order valence-corrected chi connectivity index (χ3v) is 12.7. The first-order valence-corrected chi connectivity index (χ1v) is 20.0. The van der Waals surface area contributed by atoms with Gasteiger partial charge in [-0.05, 0) is 93.5 Å². The number of carbonyl (C=O) groups is 2. The van der Waals surface area contributed by atoms with Crippen molar-refractivity contribution in [3.05, 3.63) is 116 Å². The maximum atomic E-state index is 15.2. The van der Waals surface area contributed by atoms with Crippen LogP contribution in [-0.4, -0.2) is 75.0 Å². The van der Waals surface area contributed by atoms with Crippen molar-refractivity contribution in [3.63, 3.8) is 0 Å². The molecule has 0 radical (unpaired) electrons. The molecule has 0 aliphatic carbocycles. The van der Waals surface area contributed by atoms with Gasteiger partial charge in [0.1, 0.15) is 23.3 Å². The number of carbonyl (C=O) groups excluding carboxylic acids is 2. The molecular formula is C43H43ClF2N8O3. The highest BCUT2D eigenvalue weighted by Gasteiger charge is 2.40. The van der Waals surface area contributed by atoms with Gasteiger partial charge in [-0.1, -0.05) is 23.7 Å². The lowest BCUT2D eigenvalue weighted by Gasteiger charge is -2.41. The summed E-state index contributed by atoms with van der Waals surface area (Å²) in [5.41, 5.74) is 4.47. The van der Waals surface area contributed by atoms with E-state index in [1.54, 1.807) is 6.07 Å². The van der Waals surface area contributed by atoms with Gasteiger partial charge >= 0.3 is 0 Å². The topological polar surface area (TPSA) is 117 Å². The molecule has 5 aromatic rings. The number of nitrogens with zero attached hydrogens (tertiary/aromatic N) is 7. The van der Waals surface area contributed by atoms with Crippen LogP contribution in [0.1, 0.15) is 86.5 Å². The number of amides is 2. The van der Waals surface area contributed by atoms with E-state index in [1.807, 2.05) is 24.5 Å². The number of benzene rings is 3. The van der Waals surface area contributed by atoms with Crippen molar-refractivity contribution < 1.29 is 18.4 Å². The Kier molecular flexibility index (Phi) is 9.35. The van der Waals surface area contributed by atoms with Gasteiger partial charge in [-0.25, -0.2) is 13.8 Å². The monoisotopic (exact) mass is 792 g/mol. The Hall–Kier alpha value is -5.27. The number of imide groups is 1. The largest absolute Gasteiger partial charge is 0.366 e. The normalized spacial score (nSPS) is 21.2. The van der Waals surface area contributed by atoms with Gasteiger partial charge in [0.25, 0.3) is 5.56 Å². The van der Waals surface area contributed by atoms with E-state index >= 15 is 8.78 Å². The standard InChI is InChI=1S/C43H43ClF2N8O3/c1-24-22-51(15-16-53(24)28-7-9-30-35(19-28)54-34-6-4-5-31(44)39(34)41(57)50-42(54)43(30,2)3)23-27-20-48-36(21-47-27)52-13-11-25(12-14-52)26-17-32(45)38(33(46)18-26)29-8-10-37(55)49-40(29)56/h4-7,9,17-21,24-25,29H,8,10-16,22-23H2,1-3H3,(H,49,55,56)/t24-,29?/m1/s1. The van der Waals surface area contributed by atoms with E-state index in [4.69, 9.17) is 21.6 Å². The van der Waals surface area contributed by atoms with Gasteiger partial charge in [0.2, 0.25) is 11.8 Å². The number of piperidine rings is 2. The molecule has 6 heterocycles. The minimum absolute atomic E-state index is 0.0322. The smallest absolute Gasteiger partial charge is 0.282 e. The summed E-state index contributed by atoms with van der Waals surface area (Å²) in [7, 11) is 0. The van der Waals surface area contributed by atoms with E-state index in [-0.39, 0.29) is 35.9 Å². The summed E-state index contributed by atoms with van der Waals surface area (Å²) in [6.45, 7) is 11.0. The Labute approximate surface area is 333 Å². The molecule has 0 saturated carbocycles. The number of hydrogen-bond donors (Lipinski definition) is 1. The summed E-state index contributed by atoms with van der Waals surface area (Å²) in [6, 6.07) is 15.0. The number of anilines is 2. The van der Waals surface area contributed by atoms with Crippen molar-refractivity contribution in [1.82, 2.24) is 29.7 Å². The highest BCUT2D eigenvalue weighted by molar-refractivity contribution is 6.35. The molecule has 0 bridgehead atoms. The Morgan fingerprint density at radius 2 is 1.70 bits per heavy atom. The minimum atomic E-state index is -1.01. The van der Waals surface area contributed by atoms with Crippen molar-refractivity contribution in [3.8, 4) is 5.69 Å². The second kappa shape index (κ2) is 14.3. The maximum Gasteiger partial charge on any atom is 0.282 e. The van der Waals surface area contributed by atoms with Crippen molar-refractivity contribution in [2.24, 2.45) is 0 Å². The van der Waals surface area contributed by atoms with Crippen LogP contribution in [0.2, 0.25) is 5.02 Å². The van der Waals surface area contributed by atoms with Gasteiger partial charge in [-0.2, -0.15) is 4.98 Å². The van der Waals surface area contributed by atoms with Crippen LogP contribution >= 0.6 is 11.6 Å². The number of aromatic nitrogens is 4. The number of halogens is 3. The van der Waals surface area contributed by atoms with Crippen molar-refractivity contribution >= 4 is 45.8 Å². The lowest BCUT2D eigenvalue weighted by Crippen LogP contribution is -2.51. The molecule has 14 heteroatoms. The summed E-state index contributed by atoms with van der Waals surface area (Å²) in [5, 5.41) is 3.02. The molecule has 4 aliphatic heterocycles. The minimum Gasteiger partial charge on any atom is -0.366 e. The molecule has 3 saturated heterocycles. The van der Waals surface area contributed by atoms with Crippen LogP contribution in [0.4, 0.5) is 20.3 Å². The average molecular weight is 793 g/mol. The lowest BCUT2D eigenvalue weighted by molar-refractivity contribution is -0.134. The molecule has 2 atom stereocenters. The zero-order valence-electron chi connectivity index (χ0n) is 32.1. The predicted molar refractivity (Wildman–Crippen MR) is 214 cm³/mol. The molecule has 0 spiro atoms. The fourth-order valence-electron chi connectivity index (χ4n) is 9.39. The predicted octanol–water partition coefficient (Wildman–Crippen LogP) is 6.36. The van der Waals surface area contributed by atoms with E-state index in [9.17, 15) is 14.4 Å². The molecule has 4 aliphatic rings. The van der Waals surface area contributed by atoms with Crippen LogP contribution in [0.3, 0.4) is 0 Å². The molecule has 9 rings (SSSR count). The first-order chi connectivity index (χ1) is 27.4. The quantitative estimate of drug-likeness (QED) is 0.196. The third-order valence-electron chi connectivity index (χ3n) is 12.4. The van der Waals surface area contributed by atoms with Crippen LogP contribution in [-0.2, 0) is 21.5 Å². The average Bonchev–Trinajstić information content (AvgIpc) is 3.41. The van der Waals surface area contributed by atoms with Crippen LogP contribution in [0.25, 0.3) is 16.6 Å². The van der Waals surface area contributed by atoms with Crippen molar-refractivity contribution in [2.45, 2.75) is 76.3 Å². The number of rotatable bonds is 6. The number of piperazine rings is 1. The lowest BCUT2D eigenvalue weighted by atomic mass is 9.85. The zero-order chi connectivity index (χ0) is 39.7. The third kappa shape index (κ3) is 6.54. The second-order valence-electron chi connectivity index (χ2n) is 16.3. The molecule has 1 unspecified atom stereocenters. The highest BCUT2D eigenvalue weighted by atomic mass is 35.5. The van der Waals surface area contributed by atoms with E-state index in [0.29, 0.717) is 54.3 Å². The Morgan fingerprint density at radius 1 is 0.930 bits per heavy atom. The molecule has 57 heavy (non-hydrogen) atoms. The van der Waals surface area contributed by atoms with E-state index in [2.05, 4.69) is 68.5 Å². The van der Waals surface area contributed by atoms with Gasteiger partial charge in [-0.15, -0.1) is 0 Å². The number of fused-ring (bicyclic) bond motifs is 5. The Bertz CT molecular complexity index is 2480. The summed E-state index contributed by atoms with van der Waals surface area (Å²) < 4.78 is 32.5. The molecule has 2 amide bonds. The second-order valence-corrected chi connectivity index (χ2v) is 16.8. The van der Waals surface area contributed by atoms with Crippen molar-refractivity contribution in [1.29, 1.82) is 0 Å². The molecule has 3 fully saturated rings. The van der Waals surface area contributed by atoms with Gasteiger partial charge < -0.3 is 9.80 Å². The molecular weight excluding hydrogens is 750 g/mol. The van der Waals surface area contributed by atoms with Crippen LogP contribution in [0, 0.1) is 11.6 Å². The number of nitrogens with one attached hydrogen (secondary N) is 1. The first kappa shape index (κ1) is 37.3. The molecule has 294 valence electrons. The SMILES string of the molecule is C[C@@H]1CN(Cc2cnc(N3CCC(c4cc(F)c(C5CCC(=O)NC5=O)c(F)c4)CC3)cn2)CCN1c1ccc2c(c1)-n1c(nc(=O)c3c(Cl)cccc31)C2(C)C. The fourth-order valence-corrected chi connectivity index (χ4v) is 9.64. The summed E-state index contributed by atoms with van der Waals surface area (Å²) in [5.74, 6) is -2.11. The Balaban J connectivity index is 0.825. The van der Waals surface area contributed by atoms with Gasteiger partial charge in [0.05, 0.1) is 51.0 Å². The Morgan fingerprint density at radius 3 is 2.40 bits per heavy atom.